The minimum absolute atomic E-state index is 0.0926. The predicted molar refractivity (Wildman–Crippen MR) is 43.1 cm³/mol. The van der Waals surface area contributed by atoms with Crippen LogP contribution in [0.4, 0.5) is 0 Å². The van der Waals surface area contributed by atoms with E-state index >= 15 is 0 Å². The Kier molecular flexibility index (Phi) is 10.6. The van der Waals surface area contributed by atoms with Crippen molar-refractivity contribution in [3.05, 3.63) is 0 Å². The van der Waals surface area contributed by atoms with Crippen molar-refractivity contribution in [1.82, 2.24) is 0 Å². The molecule has 0 rings (SSSR count). The van der Waals surface area contributed by atoms with Crippen molar-refractivity contribution in [3.8, 4) is 0 Å². The topological polar surface area (TPSA) is 76.5 Å². The highest BCUT2D eigenvalue weighted by atomic mass is 16.5. The zero-order valence-electron chi connectivity index (χ0n) is 7.42. The number of carbonyl (C=O) groups is 2. The summed E-state index contributed by atoms with van der Waals surface area (Å²) in [4.78, 5) is 19.5. The zero-order valence-corrected chi connectivity index (χ0v) is 7.42. The van der Waals surface area contributed by atoms with Crippen LogP contribution in [0.25, 0.3) is 0 Å². The molecular formula is C7H13NO4. The summed E-state index contributed by atoms with van der Waals surface area (Å²) in [7, 11) is 1.35. The summed E-state index contributed by atoms with van der Waals surface area (Å²) < 4.78 is 8.42. The summed E-state index contributed by atoms with van der Waals surface area (Å²) in [6, 6.07) is 0. The van der Waals surface area contributed by atoms with E-state index in [0.717, 1.165) is 6.21 Å². The minimum atomic E-state index is -0.344. The molecule has 0 unspecified atom stereocenters. The summed E-state index contributed by atoms with van der Waals surface area (Å²) in [6.07, 6.45) is 1.03. The first-order valence-corrected chi connectivity index (χ1v) is 3.21. The van der Waals surface area contributed by atoms with Crippen LogP contribution in [0.5, 0.6) is 0 Å². The molecule has 70 valence electrons. The molecule has 0 aliphatic heterocycles. The van der Waals surface area contributed by atoms with E-state index in [-0.39, 0.29) is 18.5 Å². The molecule has 5 heteroatoms. The van der Waals surface area contributed by atoms with Gasteiger partial charge in [-0.05, 0) is 0 Å². The maximum absolute atomic E-state index is 9.88. The summed E-state index contributed by atoms with van der Waals surface area (Å²) in [5, 5.41) is 6.39. The number of esters is 2. The third-order valence-corrected chi connectivity index (χ3v) is 0.657. The molecule has 0 radical (unpaired) electrons. The van der Waals surface area contributed by atoms with Gasteiger partial charge in [0, 0.05) is 20.1 Å². The first-order valence-electron chi connectivity index (χ1n) is 3.21. The number of hydrogen-bond donors (Lipinski definition) is 1. The first kappa shape index (κ1) is 13.2. The van der Waals surface area contributed by atoms with Crippen LogP contribution in [0, 0.1) is 5.41 Å². The van der Waals surface area contributed by atoms with Crippen molar-refractivity contribution in [2.24, 2.45) is 0 Å². The van der Waals surface area contributed by atoms with Gasteiger partial charge >= 0.3 is 11.9 Å². The molecule has 0 aromatic carbocycles. The number of carbonyl (C=O) groups excluding carboxylic acids is 2. The second-order valence-corrected chi connectivity index (χ2v) is 1.70. The Bertz CT molecular complexity index is 155. The SMILES string of the molecule is CC(=O)OCC=N.COC(C)=O. The zero-order chi connectivity index (χ0) is 9.98. The second-order valence-electron chi connectivity index (χ2n) is 1.70. The average Bonchev–Trinajstić information content (AvgIpc) is 2.02. The highest BCUT2D eigenvalue weighted by molar-refractivity contribution is 5.68. The van der Waals surface area contributed by atoms with Gasteiger partial charge in [-0.25, -0.2) is 0 Å². The van der Waals surface area contributed by atoms with Gasteiger partial charge in [0.15, 0.2) is 0 Å². The van der Waals surface area contributed by atoms with Gasteiger partial charge in [-0.2, -0.15) is 0 Å². The number of methoxy groups -OCH3 is 1. The second kappa shape index (κ2) is 9.61. The van der Waals surface area contributed by atoms with Crippen LogP contribution in [-0.4, -0.2) is 31.9 Å². The Labute approximate surface area is 71.2 Å². The molecule has 1 N–H and O–H groups in total. The van der Waals surface area contributed by atoms with E-state index in [1.165, 1.54) is 21.0 Å². The molecule has 0 saturated heterocycles. The number of ether oxygens (including phenoxy) is 2. The number of rotatable bonds is 2. The van der Waals surface area contributed by atoms with Crippen LogP contribution in [0.1, 0.15) is 13.8 Å². The smallest absolute Gasteiger partial charge is 0.302 e. The molecule has 0 fully saturated rings. The highest BCUT2D eigenvalue weighted by Crippen LogP contribution is 1.68. The van der Waals surface area contributed by atoms with Crippen LogP contribution in [-0.2, 0) is 19.1 Å². The molecule has 12 heavy (non-hydrogen) atoms. The summed E-state index contributed by atoms with van der Waals surface area (Å²) in [5.41, 5.74) is 0. The number of hydrogen-bond acceptors (Lipinski definition) is 5. The molecule has 0 aromatic rings. The molecule has 0 spiro atoms. The highest BCUT2D eigenvalue weighted by Gasteiger charge is 1.84. The Morgan fingerprint density at radius 2 is 1.75 bits per heavy atom. The molecule has 0 aliphatic rings. The Hall–Kier alpha value is -1.39. The standard InChI is InChI=1S/C4H7NO2.C3H6O2/c1-4(6)7-3-2-5;1-3(4)5-2/h2,5H,3H2,1H3;1-2H3. The van der Waals surface area contributed by atoms with Gasteiger partial charge in [0.2, 0.25) is 0 Å². The van der Waals surface area contributed by atoms with Crippen molar-refractivity contribution in [3.63, 3.8) is 0 Å². The van der Waals surface area contributed by atoms with E-state index in [2.05, 4.69) is 9.47 Å². The summed E-state index contributed by atoms with van der Waals surface area (Å²) in [6.45, 7) is 2.76. The maximum Gasteiger partial charge on any atom is 0.302 e. The minimum Gasteiger partial charge on any atom is -0.469 e. The Morgan fingerprint density at radius 1 is 1.33 bits per heavy atom. The van der Waals surface area contributed by atoms with Crippen molar-refractivity contribution in [2.45, 2.75) is 13.8 Å². The lowest BCUT2D eigenvalue weighted by Gasteiger charge is -1.90. The summed E-state index contributed by atoms with van der Waals surface area (Å²) in [5.74, 6) is -0.589. The van der Waals surface area contributed by atoms with Crippen LogP contribution < -0.4 is 0 Å². The largest absolute Gasteiger partial charge is 0.469 e. The molecule has 0 amide bonds. The van der Waals surface area contributed by atoms with Crippen molar-refractivity contribution >= 4 is 18.2 Å². The summed E-state index contributed by atoms with van der Waals surface area (Å²) >= 11 is 0. The van der Waals surface area contributed by atoms with Gasteiger partial charge < -0.3 is 14.9 Å². The third-order valence-electron chi connectivity index (χ3n) is 0.657. The molecule has 0 heterocycles. The normalized spacial score (nSPS) is 7.25. The fourth-order valence-electron chi connectivity index (χ4n) is 0.159. The molecule has 0 aromatic heterocycles. The van der Waals surface area contributed by atoms with Crippen LogP contribution in [0.15, 0.2) is 0 Å². The lowest BCUT2D eigenvalue weighted by Crippen LogP contribution is -1.99. The van der Waals surface area contributed by atoms with Gasteiger partial charge in [-0.1, -0.05) is 0 Å². The van der Waals surface area contributed by atoms with E-state index in [9.17, 15) is 9.59 Å². The van der Waals surface area contributed by atoms with Crippen LogP contribution in [0.2, 0.25) is 0 Å². The quantitative estimate of drug-likeness (QED) is 0.486. The van der Waals surface area contributed by atoms with Crippen molar-refractivity contribution in [2.75, 3.05) is 13.7 Å². The van der Waals surface area contributed by atoms with E-state index in [0.29, 0.717) is 0 Å². The van der Waals surface area contributed by atoms with E-state index < -0.39 is 0 Å². The molecule has 0 atom stereocenters. The van der Waals surface area contributed by atoms with E-state index in [4.69, 9.17) is 5.41 Å². The third kappa shape index (κ3) is 23.5. The Morgan fingerprint density at radius 3 is 1.83 bits per heavy atom. The van der Waals surface area contributed by atoms with E-state index in [1.807, 2.05) is 0 Å². The monoisotopic (exact) mass is 175 g/mol. The number of nitrogens with one attached hydrogen (secondary N) is 1. The average molecular weight is 175 g/mol. The first-order chi connectivity index (χ1) is 5.54. The maximum atomic E-state index is 9.88. The van der Waals surface area contributed by atoms with Crippen LogP contribution in [0.3, 0.4) is 0 Å². The lowest BCUT2D eigenvalue weighted by atomic mass is 10.7. The fraction of sp³-hybridized carbons (Fsp3) is 0.571. The predicted octanol–water partition coefficient (Wildman–Crippen LogP) is 0.378. The molecular weight excluding hydrogens is 162 g/mol. The molecule has 0 bridgehead atoms. The van der Waals surface area contributed by atoms with Gasteiger partial charge in [-0.15, -0.1) is 0 Å². The van der Waals surface area contributed by atoms with Gasteiger partial charge in [0.05, 0.1) is 7.11 Å². The fourth-order valence-corrected chi connectivity index (χ4v) is 0.159. The van der Waals surface area contributed by atoms with Gasteiger partial charge in [0.25, 0.3) is 0 Å². The van der Waals surface area contributed by atoms with E-state index in [1.54, 1.807) is 0 Å². The van der Waals surface area contributed by atoms with Gasteiger partial charge in [0.1, 0.15) is 6.61 Å². The van der Waals surface area contributed by atoms with Crippen molar-refractivity contribution in [1.29, 1.82) is 5.41 Å². The molecule has 0 aliphatic carbocycles. The van der Waals surface area contributed by atoms with Crippen LogP contribution >= 0.6 is 0 Å². The Balaban J connectivity index is 0. The molecule has 5 nitrogen and oxygen atoms in total. The van der Waals surface area contributed by atoms with Crippen molar-refractivity contribution < 1.29 is 19.1 Å². The van der Waals surface area contributed by atoms with Gasteiger partial charge in [-0.3, -0.25) is 9.59 Å². The molecule has 0 saturated carbocycles. The lowest BCUT2D eigenvalue weighted by molar-refractivity contribution is -0.139.